The van der Waals surface area contributed by atoms with Crippen LogP contribution in [0.2, 0.25) is 0 Å². The second kappa shape index (κ2) is 12.6. The van der Waals surface area contributed by atoms with Gasteiger partial charge in [0.15, 0.2) is 5.96 Å². The summed E-state index contributed by atoms with van der Waals surface area (Å²) >= 11 is 0. The Kier molecular flexibility index (Phi) is 9.61. The minimum Gasteiger partial charge on any atom is -0.497 e. The van der Waals surface area contributed by atoms with Crippen LogP contribution in [-0.4, -0.2) is 60.7 Å². The van der Waals surface area contributed by atoms with Crippen LogP contribution in [0.3, 0.4) is 0 Å². The molecule has 0 spiro atoms. The van der Waals surface area contributed by atoms with Crippen molar-refractivity contribution >= 4 is 29.9 Å². The van der Waals surface area contributed by atoms with Crippen molar-refractivity contribution in [1.29, 1.82) is 0 Å². The number of aliphatic imine (C=N–C) groups is 1. The molecule has 2 aromatic heterocycles. The number of rotatable bonds is 8. The molecule has 3 aromatic rings. The topological polar surface area (TPSA) is 79.3 Å². The average molecular weight is 565 g/mol. The highest BCUT2D eigenvalue weighted by Crippen LogP contribution is 2.13. The standard InChI is InChI=1S/C24H31N5O3.HI/c1-19-16-21(27-32-19)18-28-11-13-29(14-12-28)24(25-10-9-23-4-3-15-31-23)26-17-20-5-7-22(30-2)8-6-20;/h3-8,15-16H,9-14,17-18H2,1-2H3,(H,25,26);1H. The second-order valence-corrected chi connectivity index (χ2v) is 7.94. The van der Waals surface area contributed by atoms with Crippen molar-refractivity contribution in [2.45, 2.75) is 26.4 Å². The van der Waals surface area contributed by atoms with Crippen molar-refractivity contribution in [3.8, 4) is 5.75 Å². The van der Waals surface area contributed by atoms with E-state index in [4.69, 9.17) is 18.7 Å². The molecule has 178 valence electrons. The van der Waals surface area contributed by atoms with Crippen molar-refractivity contribution in [2.75, 3.05) is 39.8 Å². The molecular weight excluding hydrogens is 533 g/mol. The van der Waals surface area contributed by atoms with Crippen LogP contribution < -0.4 is 10.1 Å². The number of nitrogens with zero attached hydrogens (tertiary/aromatic N) is 4. The van der Waals surface area contributed by atoms with E-state index in [-0.39, 0.29) is 24.0 Å². The van der Waals surface area contributed by atoms with Crippen LogP contribution in [0.15, 0.2) is 62.7 Å². The summed E-state index contributed by atoms with van der Waals surface area (Å²) < 4.78 is 15.9. The lowest BCUT2D eigenvalue weighted by atomic mass is 10.2. The van der Waals surface area contributed by atoms with Crippen molar-refractivity contribution in [3.63, 3.8) is 0 Å². The van der Waals surface area contributed by atoms with Gasteiger partial charge in [0, 0.05) is 51.8 Å². The number of guanidine groups is 1. The Morgan fingerprint density at radius 2 is 1.94 bits per heavy atom. The molecule has 0 bridgehead atoms. The number of methoxy groups -OCH3 is 1. The highest BCUT2D eigenvalue weighted by Gasteiger charge is 2.20. The van der Waals surface area contributed by atoms with Gasteiger partial charge < -0.3 is 23.9 Å². The van der Waals surface area contributed by atoms with E-state index >= 15 is 0 Å². The first-order chi connectivity index (χ1) is 15.7. The van der Waals surface area contributed by atoms with Gasteiger partial charge in [0.2, 0.25) is 0 Å². The molecular formula is C24H32IN5O3. The number of hydrogen-bond donors (Lipinski definition) is 1. The molecule has 1 aliphatic heterocycles. The maximum atomic E-state index is 5.46. The first kappa shape index (κ1) is 25.1. The molecule has 33 heavy (non-hydrogen) atoms. The zero-order chi connectivity index (χ0) is 22.2. The van der Waals surface area contributed by atoms with Crippen LogP contribution in [0, 0.1) is 6.92 Å². The Morgan fingerprint density at radius 1 is 1.15 bits per heavy atom. The number of aromatic nitrogens is 1. The summed E-state index contributed by atoms with van der Waals surface area (Å²) in [6.45, 7) is 7.85. The van der Waals surface area contributed by atoms with Gasteiger partial charge in [-0.2, -0.15) is 0 Å². The molecule has 1 aliphatic rings. The van der Waals surface area contributed by atoms with Crippen LogP contribution in [0.25, 0.3) is 0 Å². The maximum Gasteiger partial charge on any atom is 0.194 e. The van der Waals surface area contributed by atoms with Crippen molar-refractivity contribution in [2.24, 2.45) is 4.99 Å². The fourth-order valence-corrected chi connectivity index (χ4v) is 3.76. The van der Waals surface area contributed by atoms with Crippen LogP contribution in [0.4, 0.5) is 0 Å². The Labute approximate surface area is 212 Å². The van der Waals surface area contributed by atoms with Gasteiger partial charge in [0.05, 0.1) is 25.6 Å². The number of ether oxygens (including phenoxy) is 1. The summed E-state index contributed by atoms with van der Waals surface area (Å²) in [6, 6.07) is 14.0. The molecule has 4 rings (SSSR count). The van der Waals surface area contributed by atoms with Gasteiger partial charge in [-0.3, -0.25) is 4.90 Å². The quantitative estimate of drug-likeness (QED) is 0.254. The lowest BCUT2D eigenvalue weighted by Gasteiger charge is -2.36. The van der Waals surface area contributed by atoms with Crippen molar-refractivity contribution < 1.29 is 13.7 Å². The fraction of sp³-hybridized carbons (Fsp3) is 0.417. The van der Waals surface area contributed by atoms with Crippen LogP contribution in [-0.2, 0) is 19.5 Å². The Bertz CT molecular complexity index is 980. The van der Waals surface area contributed by atoms with E-state index in [1.165, 1.54) is 0 Å². The van der Waals surface area contributed by atoms with E-state index in [0.717, 1.165) is 80.2 Å². The van der Waals surface area contributed by atoms with Gasteiger partial charge in [-0.25, -0.2) is 4.99 Å². The summed E-state index contributed by atoms with van der Waals surface area (Å²) in [5, 5.41) is 7.65. The van der Waals surface area contributed by atoms with Gasteiger partial charge in [-0.15, -0.1) is 24.0 Å². The molecule has 9 heteroatoms. The Morgan fingerprint density at radius 3 is 2.58 bits per heavy atom. The molecule has 1 saturated heterocycles. The van der Waals surface area contributed by atoms with E-state index in [0.29, 0.717) is 6.54 Å². The minimum atomic E-state index is 0. The van der Waals surface area contributed by atoms with Crippen LogP contribution in [0.1, 0.15) is 22.8 Å². The van der Waals surface area contributed by atoms with Crippen LogP contribution >= 0.6 is 24.0 Å². The molecule has 3 heterocycles. The molecule has 0 saturated carbocycles. The predicted octanol–water partition coefficient (Wildman–Crippen LogP) is 3.71. The Balaban J connectivity index is 0.00000306. The summed E-state index contributed by atoms with van der Waals surface area (Å²) in [5.41, 5.74) is 2.14. The third-order valence-corrected chi connectivity index (χ3v) is 5.54. The number of nitrogens with one attached hydrogen (secondary N) is 1. The number of hydrogen-bond acceptors (Lipinski definition) is 6. The molecule has 0 unspecified atom stereocenters. The first-order valence-electron chi connectivity index (χ1n) is 11.0. The zero-order valence-electron chi connectivity index (χ0n) is 19.2. The van der Waals surface area contributed by atoms with E-state index < -0.39 is 0 Å². The molecule has 0 aliphatic carbocycles. The third-order valence-electron chi connectivity index (χ3n) is 5.54. The van der Waals surface area contributed by atoms with Crippen LogP contribution in [0.5, 0.6) is 5.75 Å². The summed E-state index contributed by atoms with van der Waals surface area (Å²) in [4.78, 5) is 9.65. The fourth-order valence-electron chi connectivity index (χ4n) is 3.76. The second-order valence-electron chi connectivity index (χ2n) is 7.94. The average Bonchev–Trinajstić information content (AvgIpc) is 3.49. The molecule has 1 fully saturated rings. The minimum absolute atomic E-state index is 0. The SMILES string of the molecule is COc1ccc(CN=C(NCCc2ccco2)N2CCN(Cc3cc(C)on3)CC2)cc1.I. The monoisotopic (exact) mass is 565 g/mol. The molecule has 1 N–H and O–H groups in total. The van der Waals surface area contributed by atoms with Gasteiger partial charge >= 0.3 is 0 Å². The predicted molar refractivity (Wildman–Crippen MR) is 138 cm³/mol. The zero-order valence-corrected chi connectivity index (χ0v) is 21.5. The maximum absolute atomic E-state index is 5.46. The highest BCUT2D eigenvalue weighted by atomic mass is 127. The largest absolute Gasteiger partial charge is 0.497 e. The molecule has 1 aromatic carbocycles. The first-order valence-corrected chi connectivity index (χ1v) is 11.0. The van der Waals surface area contributed by atoms with Gasteiger partial charge in [-0.05, 0) is 36.8 Å². The Hall–Kier alpha value is -2.53. The normalized spacial score (nSPS) is 14.7. The summed E-state index contributed by atoms with van der Waals surface area (Å²) in [6.07, 6.45) is 2.53. The highest BCUT2D eigenvalue weighted by molar-refractivity contribution is 14.0. The number of piperazine rings is 1. The lowest BCUT2D eigenvalue weighted by Crippen LogP contribution is -2.52. The van der Waals surface area contributed by atoms with Crippen molar-refractivity contribution in [1.82, 2.24) is 20.3 Å². The van der Waals surface area contributed by atoms with Gasteiger partial charge in [-0.1, -0.05) is 17.3 Å². The smallest absolute Gasteiger partial charge is 0.194 e. The van der Waals surface area contributed by atoms with E-state index in [9.17, 15) is 0 Å². The van der Waals surface area contributed by atoms with E-state index in [2.05, 4.69) is 32.4 Å². The summed E-state index contributed by atoms with van der Waals surface area (Å²) in [5.74, 6) is 3.62. The molecule has 0 radical (unpaired) electrons. The van der Waals surface area contributed by atoms with Gasteiger partial charge in [0.25, 0.3) is 0 Å². The summed E-state index contributed by atoms with van der Waals surface area (Å²) in [7, 11) is 1.68. The molecule has 0 amide bonds. The third kappa shape index (κ3) is 7.50. The van der Waals surface area contributed by atoms with Gasteiger partial charge in [0.1, 0.15) is 17.3 Å². The number of halogens is 1. The molecule has 0 atom stereocenters. The number of benzene rings is 1. The van der Waals surface area contributed by atoms with Crippen molar-refractivity contribution in [3.05, 3.63) is 71.5 Å². The van der Waals surface area contributed by atoms with E-state index in [1.54, 1.807) is 13.4 Å². The lowest BCUT2D eigenvalue weighted by molar-refractivity contribution is 0.169. The number of aryl methyl sites for hydroxylation is 1. The molecule has 8 nitrogen and oxygen atoms in total. The number of furan rings is 1. The van der Waals surface area contributed by atoms with E-state index in [1.807, 2.05) is 37.3 Å².